The highest BCUT2D eigenvalue weighted by molar-refractivity contribution is 7.38. The molecule has 13 heavy (non-hydrogen) atoms. The molecule has 2 aliphatic heterocycles. The van der Waals surface area contributed by atoms with E-state index in [1.807, 2.05) is 0 Å². The monoisotopic (exact) mass is 220 g/mol. The van der Waals surface area contributed by atoms with Gasteiger partial charge in [-0.05, 0) is 32.6 Å². The predicted octanol–water partition coefficient (Wildman–Crippen LogP) is 1.18. The first-order chi connectivity index (χ1) is 6.29. The van der Waals surface area contributed by atoms with Crippen LogP contribution in [0.15, 0.2) is 0 Å². The second-order valence-corrected chi connectivity index (χ2v) is 6.61. The Kier molecular flexibility index (Phi) is 6.49. The summed E-state index contributed by atoms with van der Waals surface area (Å²) in [7, 11) is 6.84. The topological polar surface area (TPSA) is 6.48 Å². The first-order valence-electron chi connectivity index (χ1n) is 5.07. The van der Waals surface area contributed by atoms with E-state index in [0.29, 0.717) is 0 Å². The molecule has 4 heteroatoms. The standard InChI is InChI=1S/C5H12NP.C4H10NP/c1-6-2-4-7-5-3-6;1-5-2-3-6-4-5/h7H,2-5H2,1H3;6H,2-4H2,1H3. The average molecular weight is 220 g/mol. The third kappa shape index (κ3) is 5.96. The summed E-state index contributed by atoms with van der Waals surface area (Å²) < 4.78 is 0. The highest BCUT2D eigenvalue weighted by atomic mass is 31.1. The van der Waals surface area contributed by atoms with E-state index in [9.17, 15) is 0 Å². The van der Waals surface area contributed by atoms with Crippen molar-refractivity contribution < 1.29 is 0 Å². The molecule has 1 atom stereocenters. The Hall–Kier alpha value is 0.780. The first kappa shape index (κ1) is 11.9. The van der Waals surface area contributed by atoms with Crippen molar-refractivity contribution in [3.05, 3.63) is 0 Å². The van der Waals surface area contributed by atoms with Gasteiger partial charge in [0.1, 0.15) is 0 Å². The van der Waals surface area contributed by atoms with E-state index in [4.69, 9.17) is 0 Å². The molecule has 2 fully saturated rings. The van der Waals surface area contributed by atoms with Crippen LogP contribution < -0.4 is 0 Å². The van der Waals surface area contributed by atoms with Crippen molar-refractivity contribution in [1.82, 2.24) is 9.80 Å². The highest BCUT2D eigenvalue weighted by Crippen LogP contribution is 2.17. The molecule has 78 valence electrons. The molecular weight excluding hydrogens is 198 g/mol. The van der Waals surface area contributed by atoms with Crippen LogP contribution in [0.3, 0.4) is 0 Å². The Morgan fingerprint density at radius 1 is 0.769 bits per heavy atom. The fraction of sp³-hybridized carbons (Fsp3) is 1.00. The molecule has 0 aromatic heterocycles. The Labute approximate surface area is 86.0 Å². The van der Waals surface area contributed by atoms with Gasteiger partial charge in [-0.3, -0.25) is 0 Å². The van der Waals surface area contributed by atoms with E-state index in [1.165, 1.54) is 61.6 Å². The summed E-state index contributed by atoms with van der Waals surface area (Å²) in [6.07, 6.45) is 5.67. The van der Waals surface area contributed by atoms with Gasteiger partial charge in [-0.2, -0.15) is 0 Å². The maximum atomic E-state index is 2.40. The maximum absolute atomic E-state index is 2.40. The third-order valence-corrected chi connectivity index (χ3v) is 4.89. The van der Waals surface area contributed by atoms with Crippen LogP contribution in [0, 0.1) is 0 Å². The zero-order chi connectivity index (χ0) is 9.52. The molecule has 0 radical (unpaired) electrons. The SMILES string of the molecule is CN1CCPC1.CN1CCPCC1. The summed E-state index contributed by atoms with van der Waals surface area (Å²) in [4.78, 5) is 4.77. The summed E-state index contributed by atoms with van der Waals surface area (Å²) in [6.45, 7) is 4.00. The molecule has 0 N–H and O–H groups in total. The molecule has 0 aliphatic carbocycles. The van der Waals surface area contributed by atoms with Crippen molar-refractivity contribution in [1.29, 1.82) is 0 Å². The fourth-order valence-electron chi connectivity index (χ4n) is 1.40. The van der Waals surface area contributed by atoms with Crippen molar-refractivity contribution in [2.24, 2.45) is 0 Å². The third-order valence-electron chi connectivity index (χ3n) is 2.39. The van der Waals surface area contributed by atoms with E-state index in [1.54, 1.807) is 0 Å². The molecule has 1 unspecified atom stereocenters. The molecule has 0 aromatic rings. The predicted molar refractivity (Wildman–Crippen MR) is 66.2 cm³/mol. The average Bonchev–Trinajstić information content (AvgIpc) is 2.58. The minimum absolute atomic E-state index is 1.21. The minimum atomic E-state index is 1.21. The van der Waals surface area contributed by atoms with Gasteiger partial charge in [0.25, 0.3) is 0 Å². The van der Waals surface area contributed by atoms with Crippen LogP contribution in [0.5, 0.6) is 0 Å². The van der Waals surface area contributed by atoms with Gasteiger partial charge in [-0.15, -0.1) is 17.2 Å². The van der Waals surface area contributed by atoms with E-state index in [0.717, 1.165) is 0 Å². The highest BCUT2D eigenvalue weighted by Gasteiger charge is 2.03. The van der Waals surface area contributed by atoms with Crippen LogP contribution in [-0.4, -0.2) is 68.3 Å². The Morgan fingerprint density at radius 2 is 1.31 bits per heavy atom. The number of nitrogens with zero attached hydrogens (tertiary/aromatic N) is 2. The molecule has 2 heterocycles. The van der Waals surface area contributed by atoms with Gasteiger partial charge in [-0.1, -0.05) is 0 Å². The van der Waals surface area contributed by atoms with Crippen LogP contribution in [-0.2, 0) is 0 Å². The summed E-state index contributed by atoms with van der Waals surface area (Å²) >= 11 is 0. The van der Waals surface area contributed by atoms with Gasteiger partial charge < -0.3 is 9.80 Å². The second kappa shape index (κ2) is 7.12. The lowest BCUT2D eigenvalue weighted by Gasteiger charge is -2.20. The van der Waals surface area contributed by atoms with Crippen molar-refractivity contribution >= 4 is 17.2 Å². The van der Waals surface area contributed by atoms with Gasteiger partial charge >= 0.3 is 0 Å². The quantitative estimate of drug-likeness (QED) is 0.566. The van der Waals surface area contributed by atoms with Crippen molar-refractivity contribution in [2.45, 2.75) is 0 Å². The van der Waals surface area contributed by atoms with E-state index in [-0.39, 0.29) is 0 Å². The number of hydrogen-bond donors (Lipinski definition) is 0. The molecule has 0 spiro atoms. The Morgan fingerprint density at radius 3 is 1.54 bits per heavy atom. The number of rotatable bonds is 0. The zero-order valence-corrected chi connectivity index (χ0v) is 10.8. The molecule has 0 saturated carbocycles. The van der Waals surface area contributed by atoms with E-state index >= 15 is 0 Å². The lowest BCUT2D eigenvalue weighted by Crippen LogP contribution is -2.27. The van der Waals surface area contributed by atoms with Crippen LogP contribution >= 0.6 is 17.2 Å². The molecule has 0 bridgehead atoms. The first-order valence-corrected chi connectivity index (χ1v) is 7.90. The maximum Gasteiger partial charge on any atom is 0.0152 e. The van der Waals surface area contributed by atoms with Gasteiger partial charge in [0.2, 0.25) is 0 Å². The fourth-order valence-corrected chi connectivity index (χ4v) is 3.96. The molecule has 2 nitrogen and oxygen atoms in total. The second-order valence-electron chi connectivity index (χ2n) is 3.79. The molecule has 0 aromatic carbocycles. The van der Waals surface area contributed by atoms with Crippen LogP contribution in [0.2, 0.25) is 0 Å². The van der Waals surface area contributed by atoms with Gasteiger partial charge in [-0.25, -0.2) is 0 Å². The van der Waals surface area contributed by atoms with Crippen molar-refractivity contribution in [3.63, 3.8) is 0 Å². The normalized spacial score (nSPS) is 27.2. The van der Waals surface area contributed by atoms with Crippen LogP contribution in [0.1, 0.15) is 0 Å². The largest absolute Gasteiger partial charge is 0.306 e. The number of hydrogen-bond acceptors (Lipinski definition) is 2. The molecule has 2 aliphatic rings. The summed E-state index contributed by atoms with van der Waals surface area (Å²) in [6, 6.07) is 0. The van der Waals surface area contributed by atoms with Gasteiger partial charge in [0.15, 0.2) is 0 Å². The zero-order valence-electron chi connectivity index (χ0n) is 8.84. The Bertz CT molecular complexity index is 121. The summed E-state index contributed by atoms with van der Waals surface area (Å²) in [5, 5.41) is 0. The smallest absolute Gasteiger partial charge is 0.0152 e. The molecule has 2 rings (SSSR count). The van der Waals surface area contributed by atoms with Crippen molar-refractivity contribution in [3.8, 4) is 0 Å². The molecular formula is C9H22N2P2. The van der Waals surface area contributed by atoms with Gasteiger partial charge in [0, 0.05) is 25.9 Å². The van der Waals surface area contributed by atoms with Crippen LogP contribution in [0.25, 0.3) is 0 Å². The van der Waals surface area contributed by atoms with E-state index in [2.05, 4.69) is 23.9 Å². The minimum Gasteiger partial charge on any atom is -0.306 e. The lowest BCUT2D eigenvalue weighted by molar-refractivity contribution is 0.370. The lowest BCUT2D eigenvalue weighted by atomic mass is 10.6. The molecule has 2 saturated heterocycles. The summed E-state index contributed by atoms with van der Waals surface area (Å²) in [5.41, 5.74) is 0. The van der Waals surface area contributed by atoms with Gasteiger partial charge in [0.05, 0.1) is 0 Å². The van der Waals surface area contributed by atoms with E-state index < -0.39 is 0 Å². The summed E-state index contributed by atoms with van der Waals surface area (Å²) in [5.74, 6) is 0. The van der Waals surface area contributed by atoms with Crippen molar-refractivity contribution in [2.75, 3.05) is 58.5 Å². The van der Waals surface area contributed by atoms with Crippen LogP contribution in [0.4, 0.5) is 0 Å². The Balaban J connectivity index is 0.000000132. The molecule has 0 amide bonds.